The quantitative estimate of drug-likeness (QED) is 0.549. The number of nitrogens with one attached hydrogen (secondary N) is 1. The van der Waals surface area contributed by atoms with Crippen LogP contribution < -0.4 is 16.8 Å². The van der Waals surface area contributed by atoms with Crippen molar-refractivity contribution in [1.29, 1.82) is 0 Å². The number of hydrogen-bond donors (Lipinski definition) is 3. The van der Waals surface area contributed by atoms with Crippen molar-refractivity contribution in [2.24, 2.45) is 11.5 Å². The van der Waals surface area contributed by atoms with Crippen molar-refractivity contribution in [3.63, 3.8) is 0 Å². The molecule has 156 valence electrons. The molecule has 0 bridgehead atoms. The van der Waals surface area contributed by atoms with E-state index in [0.29, 0.717) is 35.7 Å². The van der Waals surface area contributed by atoms with Crippen LogP contribution >= 0.6 is 0 Å². The molecular formula is C24H29N5O. The lowest BCUT2D eigenvalue weighted by molar-refractivity contribution is -0.116. The number of nitrogens with zero attached hydrogens (tertiary/aromatic N) is 2. The number of carbonyl (C=O) groups is 1. The lowest BCUT2D eigenvalue weighted by Crippen LogP contribution is -2.21. The Hall–Kier alpha value is -3.51. The molecule has 3 rings (SSSR count). The van der Waals surface area contributed by atoms with Gasteiger partial charge in [0.1, 0.15) is 0 Å². The molecule has 30 heavy (non-hydrogen) atoms. The number of pyridine rings is 2. The SMILES string of the molecule is C=C(N)c1ccnc(-c2ccc(NC(=O)CC(CN)c3ccccc3)cn2)c1.CC. The number of benzene rings is 1. The van der Waals surface area contributed by atoms with Crippen LogP contribution in [0.3, 0.4) is 0 Å². The van der Waals surface area contributed by atoms with Gasteiger partial charge in [0, 0.05) is 29.8 Å². The number of rotatable bonds is 7. The molecule has 1 aromatic carbocycles. The van der Waals surface area contributed by atoms with E-state index in [9.17, 15) is 4.79 Å². The fourth-order valence-corrected chi connectivity index (χ4v) is 2.89. The van der Waals surface area contributed by atoms with Gasteiger partial charge >= 0.3 is 0 Å². The summed E-state index contributed by atoms with van der Waals surface area (Å²) in [6, 6.07) is 17.0. The first-order valence-corrected chi connectivity index (χ1v) is 9.99. The minimum absolute atomic E-state index is 0.0234. The van der Waals surface area contributed by atoms with Gasteiger partial charge in [0.15, 0.2) is 0 Å². The number of carbonyl (C=O) groups excluding carboxylic acids is 1. The maximum atomic E-state index is 12.4. The average molecular weight is 404 g/mol. The van der Waals surface area contributed by atoms with Crippen molar-refractivity contribution in [3.05, 3.63) is 84.7 Å². The molecule has 0 radical (unpaired) electrons. The fourth-order valence-electron chi connectivity index (χ4n) is 2.89. The Morgan fingerprint density at radius 3 is 2.40 bits per heavy atom. The van der Waals surface area contributed by atoms with Crippen LogP contribution in [-0.4, -0.2) is 22.4 Å². The van der Waals surface area contributed by atoms with Gasteiger partial charge in [-0.1, -0.05) is 50.8 Å². The molecule has 2 aromatic heterocycles. The van der Waals surface area contributed by atoms with Crippen molar-refractivity contribution in [2.45, 2.75) is 26.2 Å². The van der Waals surface area contributed by atoms with Crippen molar-refractivity contribution >= 4 is 17.3 Å². The van der Waals surface area contributed by atoms with E-state index in [-0.39, 0.29) is 11.8 Å². The summed E-state index contributed by atoms with van der Waals surface area (Å²) < 4.78 is 0. The van der Waals surface area contributed by atoms with Gasteiger partial charge in [-0.25, -0.2) is 0 Å². The van der Waals surface area contributed by atoms with Crippen LogP contribution in [0.4, 0.5) is 5.69 Å². The van der Waals surface area contributed by atoms with Gasteiger partial charge < -0.3 is 16.8 Å². The number of anilines is 1. The predicted octanol–water partition coefficient (Wildman–Crippen LogP) is 4.17. The molecular weight excluding hydrogens is 374 g/mol. The lowest BCUT2D eigenvalue weighted by Gasteiger charge is -2.15. The topological polar surface area (TPSA) is 107 Å². The first kappa shape index (κ1) is 22.8. The Bertz CT molecular complexity index is 955. The Kier molecular flexibility index (Phi) is 8.72. The second-order valence-corrected chi connectivity index (χ2v) is 6.48. The largest absolute Gasteiger partial charge is 0.399 e. The maximum absolute atomic E-state index is 12.4. The third-order valence-electron chi connectivity index (χ3n) is 4.43. The number of aromatic nitrogens is 2. The minimum Gasteiger partial charge on any atom is -0.399 e. The van der Waals surface area contributed by atoms with E-state index in [1.165, 1.54) is 0 Å². The Morgan fingerprint density at radius 1 is 1.07 bits per heavy atom. The van der Waals surface area contributed by atoms with E-state index >= 15 is 0 Å². The van der Waals surface area contributed by atoms with Gasteiger partial charge in [-0.15, -0.1) is 0 Å². The number of hydrogen-bond acceptors (Lipinski definition) is 5. The lowest BCUT2D eigenvalue weighted by atomic mass is 9.95. The first-order chi connectivity index (χ1) is 14.6. The van der Waals surface area contributed by atoms with Gasteiger partial charge in [0.05, 0.1) is 23.3 Å². The summed E-state index contributed by atoms with van der Waals surface area (Å²) in [5.41, 5.74) is 15.9. The third-order valence-corrected chi connectivity index (χ3v) is 4.43. The molecule has 1 unspecified atom stereocenters. The van der Waals surface area contributed by atoms with Crippen LogP contribution in [0.15, 0.2) is 73.6 Å². The van der Waals surface area contributed by atoms with Gasteiger partial charge in [0.25, 0.3) is 0 Å². The summed E-state index contributed by atoms with van der Waals surface area (Å²) in [6.45, 7) is 8.14. The first-order valence-electron chi connectivity index (χ1n) is 9.99. The van der Waals surface area contributed by atoms with Crippen molar-refractivity contribution in [1.82, 2.24) is 9.97 Å². The smallest absolute Gasteiger partial charge is 0.225 e. The second-order valence-electron chi connectivity index (χ2n) is 6.48. The molecule has 0 saturated carbocycles. The summed E-state index contributed by atoms with van der Waals surface area (Å²) in [6.07, 6.45) is 3.58. The molecule has 3 aromatic rings. The van der Waals surface area contributed by atoms with Gasteiger partial charge in [-0.05, 0) is 36.4 Å². The molecule has 5 N–H and O–H groups in total. The van der Waals surface area contributed by atoms with E-state index in [1.54, 1.807) is 30.6 Å². The van der Waals surface area contributed by atoms with Crippen molar-refractivity contribution in [2.75, 3.05) is 11.9 Å². The highest BCUT2D eigenvalue weighted by molar-refractivity contribution is 5.91. The zero-order valence-corrected chi connectivity index (χ0v) is 17.5. The van der Waals surface area contributed by atoms with Crippen LogP contribution in [0, 0.1) is 0 Å². The Labute approximate surface area is 178 Å². The standard InChI is InChI=1S/C22H23N5O.C2H6/c1-15(24)17-9-10-25-21(11-17)20-8-7-19(14-26-20)27-22(28)12-18(13-23)16-5-3-2-4-6-16;1-2/h2-11,14,18H,1,12-13,23-24H2,(H,27,28);1-2H3. The summed E-state index contributed by atoms with van der Waals surface area (Å²) in [5.74, 6) is -0.127. The predicted molar refractivity (Wildman–Crippen MR) is 124 cm³/mol. The van der Waals surface area contributed by atoms with E-state index in [4.69, 9.17) is 11.5 Å². The summed E-state index contributed by atoms with van der Waals surface area (Å²) in [5, 5.41) is 2.87. The Morgan fingerprint density at radius 2 is 1.80 bits per heavy atom. The molecule has 0 aliphatic rings. The molecule has 2 heterocycles. The summed E-state index contributed by atoms with van der Waals surface area (Å²) in [7, 11) is 0. The van der Waals surface area contributed by atoms with E-state index in [1.807, 2.05) is 50.2 Å². The highest BCUT2D eigenvalue weighted by atomic mass is 16.1. The van der Waals surface area contributed by atoms with Crippen molar-refractivity contribution in [3.8, 4) is 11.4 Å². The molecule has 1 atom stereocenters. The monoisotopic (exact) mass is 403 g/mol. The van der Waals surface area contributed by atoms with Crippen LogP contribution in [0.5, 0.6) is 0 Å². The van der Waals surface area contributed by atoms with Gasteiger partial charge in [0.2, 0.25) is 5.91 Å². The normalized spacial score (nSPS) is 11.0. The Balaban J connectivity index is 0.00000155. The summed E-state index contributed by atoms with van der Waals surface area (Å²) in [4.78, 5) is 21.1. The molecule has 1 amide bonds. The fraction of sp³-hybridized carbons (Fsp3) is 0.208. The highest BCUT2D eigenvalue weighted by Crippen LogP contribution is 2.21. The molecule has 0 spiro atoms. The van der Waals surface area contributed by atoms with Gasteiger partial charge in [-0.2, -0.15) is 0 Å². The minimum atomic E-state index is -0.103. The second kappa shape index (κ2) is 11.5. The third kappa shape index (κ3) is 6.25. The molecule has 0 aliphatic carbocycles. The van der Waals surface area contributed by atoms with E-state index < -0.39 is 0 Å². The van der Waals surface area contributed by atoms with Gasteiger partial charge in [-0.3, -0.25) is 14.8 Å². The van der Waals surface area contributed by atoms with Crippen molar-refractivity contribution < 1.29 is 4.79 Å². The zero-order valence-electron chi connectivity index (χ0n) is 17.5. The number of amides is 1. The molecule has 6 nitrogen and oxygen atoms in total. The molecule has 0 fully saturated rings. The van der Waals surface area contributed by atoms with Crippen LogP contribution in [0.2, 0.25) is 0 Å². The zero-order chi connectivity index (χ0) is 21.9. The van der Waals surface area contributed by atoms with Crippen LogP contribution in [-0.2, 0) is 4.79 Å². The molecule has 0 aliphatic heterocycles. The summed E-state index contributed by atoms with van der Waals surface area (Å²) >= 11 is 0. The molecule has 6 heteroatoms. The van der Waals surface area contributed by atoms with E-state index in [0.717, 1.165) is 11.1 Å². The maximum Gasteiger partial charge on any atom is 0.225 e. The van der Waals surface area contributed by atoms with Crippen LogP contribution in [0.1, 0.15) is 37.3 Å². The van der Waals surface area contributed by atoms with Crippen LogP contribution in [0.25, 0.3) is 17.1 Å². The van der Waals surface area contributed by atoms with E-state index in [2.05, 4.69) is 21.9 Å². The molecule has 0 saturated heterocycles. The average Bonchev–Trinajstić information content (AvgIpc) is 2.80. The number of nitrogens with two attached hydrogens (primary N) is 2. The highest BCUT2D eigenvalue weighted by Gasteiger charge is 2.15.